The molecule has 0 radical (unpaired) electrons. The fourth-order valence-corrected chi connectivity index (χ4v) is 1.83. The summed E-state index contributed by atoms with van der Waals surface area (Å²) in [4.78, 5) is 14.6. The number of hydrogen-bond acceptors (Lipinski definition) is 7. The van der Waals surface area contributed by atoms with E-state index in [0.717, 1.165) is 26.1 Å². The summed E-state index contributed by atoms with van der Waals surface area (Å²) in [7, 11) is 0. The molecule has 0 aliphatic carbocycles. The highest BCUT2D eigenvalue weighted by molar-refractivity contribution is 5.33. The average molecular weight is 282 g/mol. The minimum atomic E-state index is 0.170. The molecule has 3 N–H and O–H groups in total. The number of nitrogens with zero attached hydrogens (tertiary/aromatic N) is 4. The summed E-state index contributed by atoms with van der Waals surface area (Å²) >= 11 is 0. The van der Waals surface area contributed by atoms with Crippen molar-refractivity contribution >= 4 is 11.9 Å². The van der Waals surface area contributed by atoms with Crippen molar-refractivity contribution in [2.24, 2.45) is 0 Å². The zero-order chi connectivity index (χ0) is 15.0. The second-order valence-electron chi connectivity index (χ2n) is 4.68. The first kappa shape index (κ1) is 16.4. The van der Waals surface area contributed by atoms with Crippen molar-refractivity contribution < 1.29 is 4.74 Å². The third-order valence-corrected chi connectivity index (χ3v) is 2.87. The van der Waals surface area contributed by atoms with Crippen LogP contribution >= 0.6 is 0 Å². The Morgan fingerprint density at radius 3 is 2.50 bits per heavy atom. The lowest BCUT2D eigenvalue weighted by Gasteiger charge is -2.23. The van der Waals surface area contributed by atoms with Crippen LogP contribution in [0.15, 0.2) is 0 Å². The molecule has 114 valence electrons. The standard InChI is InChI=1S/C13H26N6O/c1-5-8-20-13-17-11(14)16-12(18-13)15-10(4)9-19(6-2)7-3/h10H,5-9H2,1-4H3,(H3,14,15,16,17,18). The number of likely N-dealkylation sites (N-methyl/N-ethyl adjacent to an activating group) is 1. The Hall–Kier alpha value is -1.63. The van der Waals surface area contributed by atoms with Crippen LogP contribution in [0.5, 0.6) is 6.01 Å². The van der Waals surface area contributed by atoms with Gasteiger partial charge in [0.25, 0.3) is 0 Å². The van der Waals surface area contributed by atoms with Gasteiger partial charge >= 0.3 is 6.01 Å². The predicted molar refractivity (Wildman–Crippen MR) is 80.9 cm³/mol. The van der Waals surface area contributed by atoms with E-state index in [4.69, 9.17) is 10.5 Å². The molecule has 1 aromatic rings. The second-order valence-corrected chi connectivity index (χ2v) is 4.68. The van der Waals surface area contributed by atoms with Crippen molar-refractivity contribution in [3.05, 3.63) is 0 Å². The number of ether oxygens (including phenoxy) is 1. The van der Waals surface area contributed by atoms with Gasteiger partial charge in [-0.1, -0.05) is 20.8 Å². The Balaban J connectivity index is 2.64. The van der Waals surface area contributed by atoms with E-state index in [1.807, 2.05) is 6.92 Å². The zero-order valence-electron chi connectivity index (χ0n) is 12.9. The van der Waals surface area contributed by atoms with E-state index in [-0.39, 0.29) is 18.0 Å². The molecular formula is C13H26N6O. The fraction of sp³-hybridized carbons (Fsp3) is 0.769. The first-order chi connectivity index (χ1) is 9.58. The van der Waals surface area contributed by atoms with Gasteiger partial charge in [0.1, 0.15) is 0 Å². The molecule has 1 unspecified atom stereocenters. The first-order valence-corrected chi connectivity index (χ1v) is 7.22. The number of anilines is 2. The van der Waals surface area contributed by atoms with E-state index >= 15 is 0 Å². The number of nitrogen functional groups attached to an aromatic ring is 1. The summed E-state index contributed by atoms with van der Waals surface area (Å²) in [5, 5.41) is 3.23. The molecule has 0 saturated carbocycles. The summed E-state index contributed by atoms with van der Waals surface area (Å²) in [5.41, 5.74) is 5.67. The molecule has 0 spiro atoms. The molecule has 7 nitrogen and oxygen atoms in total. The molecule has 0 saturated heterocycles. The Morgan fingerprint density at radius 2 is 1.90 bits per heavy atom. The van der Waals surface area contributed by atoms with E-state index in [9.17, 15) is 0 Å². The van der Waals surface area contributed by atoms with Crippen molar-refractivity contribution in [1.82, 2.24) is 19.9 Å². The minimum Gasteiger partial charge on any atom is -0.463 e. The maximum Gasteiger partial charge on any atom is 0.323 e. The average Bonchev–Trinajstić information content (AvgIpc) is 2.41. The Bertz CT molecular complexity index is 396. The Morgan fingerprint density at radius 1 is 1.20 bits per heavy atom. The van der Waals surface area contributed by atoms with Crippen LogP contribution in [0.1, 0.15) is 34.1 Å². The van der Waals surface area contributed by atoms with Crippen LogP contribution < -0.4 is 15.8 Å². The van der Waals surface area contributed by atoms with Crippen molar-refractivity contribution in [2.75, 3.05) is 37.3 Å². The van der Waals surface area contributed by atoms with Gasteiger partial charge in [-0.15, -0.1) is 0 Å². The van der Waals surface area contributed by atoms with Crippen molar-refractivity contribution in [3.8, 4) is 6.01 Å². The molecule has 0 aromatic carbocycles. The summed E-state index contributed by atoms with van der Waals surface area (Å²) < 4.78 is 5.39. The van der Waals surface area contributed by atoms with Crippen molar-refractivity contribution in [1.29, 1.82) is 0 Å². The predicted octanol–water partition coefficient (Wildman–Crippen LogP) is 1.38. The van der Waals surface area contributed by atoms with Crippen LogP contribution in [-0.2, 0) is 0 Å². The molecule has 0 amide bonds. The SMILES string of the molecule is CCCOc1nc(N)nc(NC(C)CN(CC)CC)n1. The van der Waals surface area contributed by atoms with Gasteiger partial charge in [-0.3, -0.25) is 0 Å². The van der Waals surface area contributed by atoms with Gasteiger partial charge in [-0.05, 0) is 26.4 Å². The van der Waals surface area contributed by atoms with E-state index in [2.05, 4.69) is 45.9 Å². The normalized spacial score (nSPS) is 12.4. The van der Waals surface area contributed by atoms with Crippen LogP contribution in [0.25, 0.3) is 0 Å². The van der Waals surface area contributed by atoms with Gasteiger partial charge in [-0.2, -0.15) is 15.0 Å². The number of nitrogens with one attached hydrogen (secondary N) is 1. The summed E-state index contributed by atoms with van der Waals surface area (Å²) in [6.45, 7) is 11.9. The minimum absolute atomic E-state index is 0.170. The molecule has 20 heavy (non-hydrogen) atoms. The zero-order valence-corrected chi connectivity index (χ0v) is 12.9. The smallest absolute Gasteiger partial charge is 0.323 e. The van der Waals surface area contributed by atoms with Crippen LogP contribution in [0.2, 0.25) is 0 Å². The maximum atomic E-state index is 5.67. The van der Waals surface area contributed by atoms with Gasteiger partial charge in [-0.25, -0.2) is 0 Å². The van der Waals surface area contributed by atoms with Gasteiger partial charge < -0.3 is 20.7 Å². The van der Waals surface area contributed by atoms with Gasteiger partial charge in [0.15, 0.2) is 0 Å². The highest BCUT2D eigenvalue weighted by Crippen LogP contribution is 2.10. The van der Waals surface area contributed by atoms with E-state index in [1.165, 1.54) is 0 Å². The Kier molecular flexibility index (Phi) is 7.00. The molecule has 7 heteroatoms. The number of rotatable bonds is 9. The molecule has 0 aliphatic rings. The van der Waals surface area contributed by atoms with Crippen LogP contribution in [0.4, 0.5) is 11.9 Å². The number of aromatic nitrogens is 3. The molecule has 0 fully saturated rings. The maximum absolute atomic E-state index is 5.67. The summed E-state index contributed by atoms with van der Waals surface area (Å²) in [6.07, 6.45) is 0.896. The molecule has 0 bridgehead atoms. The number of hydrogen-bond donors (Lipinski definition) is 2. The van der Waals surface area contributed by atoms with Gasteiger partial charge in [0.05, 0.1) is 6.61 Å². The molecule has 1 rings (SSSR count). The van der Waals surface area contributed by atoms with Gasteiger partial charge in [0.2, 0.25) is 11.9 Å². The van der Waals surface area contributed by atoms with E-state index < -0.39 is 0 Å². The third kappa shape index (κ3) is 5.56. The van der Waals surface area contributed by atoms with Crippen molar-refractivity contribution in [2.45, 2.75) is 40.2 Å². The van der Waals surface area contributed by atoms with E-state index in [1.54, 1.807) is 0 Å². The highest BCUT2D eigenvalue weighted by atomic mass is 16.5. The van der Waals surface area contributed by atoms with Crippen LogP contribution in [-0.4, -0.2) is 52.1 Å². The fourth-order valence-electron chi connectivity index (χ4n) is 1.83. The molecular weight excluding hydrogens is 256 g/mol. The molecule has 1 atom stereocenters. The molecule has 0 aliphatic heterocycles. The van der Waals surface area contributed by atoms with Crippen LogP contribution in [0.3, 0.4) is 0 Å². The highest BCUT2D eigenvalue weighted by Gasteiger charge is 2.11. The monoisotopic (exact) mass is 282 g/mol. The van der Waals surface area contributed by atoms with Crippen LogP contribution in [0, 0.1) is 0 Å². The lowest BCUT2D eigenvalue weighted by atomic mass is 10.3. The van der Waals surface area contributed by atoms with Gasteiger partial charge in [0, 0.05) is 12.6 Å². The summed E-state index contributed by atoms with van der Waals surface area (Å²) in [6, 6.07) is 0.493. The third-order valence-electron chi connectivity index (χ3n) is 2.87. The largest absolute Gasteiger partial charge is 0.463 e. The quantitative estimate of drug-likeness (QED) is 0.707. The molecule has 1 aromatic heterocycles. The number of nitrogens with two attached hydrogens (primary N) is 1. The lowest BCUT2D eigenvalue weighted by Crippen LogP contribution is -2.35. The van der Waals surface area contributed by atoms with Crippen molar-refractivity contribution in [3.63, 3.8) is 0 Å². The Labute approximate surface area is 121 Å². The van der Waals surface area contributed by atoms with E-state index in [0.29, 0.717) is 12.6 Å². The lowest BCUT2D eigenvalue weighted by molar-refractivity contribution is 0.289. The first-order valence-electron chi connectivity index (χ1n) is 7.22. The topological polar surface area (TPSA) is 89.2 Å². The molecule has 1 heterocycles. The second kappa shape index (κ2) is 8.52. The summed E-state index contributed by atoms with van der Waals surface area (Å²) in [5.74, 6) is 0.631.